The largest absolute Gasteiger partial charge is 0.337 e. The minimum Gasteiger partial charge on any atom is -0.337 e. The number of carbonyl (C=O) groups is 1. The average molecular weight is 374 g/mol. The number of carbonyl (C=O) groups excluding carboxylic acids is 1. The van der Waals surface area contributed by atoms with Crippen molar-refractivity contribution >= 4 is 33.4 Å². The van der Waals surface area contributed by atoms with Gasteiger partial charge < -0.3 is 10.2 Å². The third kappa shape index (κ3) is 4.97. The van der Waals surface area contributed by atoms with Crippen LogP contribution < -0.4 is 5.32 Å². The van der Waals surface area contributed by atoms with Gasteiger partial charge in [-0.25, -0.2) is 0 Å². The first-order valence-electron chi connectivity index (χ1n) is 7.44. The van der Waals surface area contributed by atoms with Crippen LogP contribution in [0.15, 0.2) is 22.7 Å². The lowest BCUT2D eigenvalue weighted by atomic mass is 10.1. The van der Waals surface area contributed by atoms with E-state index in [1.165, 1.54) is 6.42 Å². The van der Waals surface area contributed by atoms with E-state index in [-0.39, 0.29) is 5.91 Å². The Morgan fingerprint density at radius 3 is 2.81 bits per heavy atom. The lowest BCUT2D eigenvalue weighted by Crippen LogP contribution is -2.42. The highest BCUT2D eigenvalue weighted by Crippen LogP contribution is 2.21. The molecule has 0 bridgehead atoms. The van der Waals surface area contributed by atoms with E-state index in [1.807, 2.05) is 11.0 Å². The van der Waals surface area contributed by atoms with Gasteiger partial charge in [0.2, 0.25) is 0 Å². The second-order valence-electron chi connectivity index (χ2n) is 6.06. The molecule has 1 saturated heterocycles. The molecule has 1 aliphatic rings. The van der Waals surface area contributed by atoms with Crippen LogP contribution in [0, 0.1) is 5.92 Å². The van der Waals surface area contributed by atoms with Crippen molar-refractivity contribution in [2.75, 3.05) is 19.6 Å². The molecule has 1 N–H and O–H groups in total. The van der Waals surface area contributed by atoms with E-state index >= 15 is 0 Å². The molecular weight excluding hydrogens is 352 g/mol. The van der Waals surface area contributed by atoms with Crippen LogP contribution >= 0.6 is 27.5 Å². The number of nitrogens with one attached hydrogen (secondary N) is 1. The van der Waals surface area contributed by atoms with Gasteiger partial charge in [-0.2, -0.15) is 0 Å². The number of benzene rings is 1. The molecular formula is C16H22BrClN2O. The summed E-state index contributed by atoms with van der Waals surface area (Å²) in [4.78, 5) is 14.7. The van der Waals surface area contributed by atoms with Gasteiger partial charge in [0.1, 0.15) is 0 Å². The Labute approximate surface area is 140 Å². The SMILES string of the molecule is CC(C)CN(CC1CCCN1)C(=O)c1cc(Cl)cc(Br)c1. The molecule has 1 aliphatic heterocycles. The Morgan fingerprint density at radius 2 is 2.24 bits per heavy atom. The first-order valence-corrected chi connectivity index (χ1v) is 8.61. The number of hydrogen-bond donors (Lipinski definition) is 1. The fraction of sp³-hybridized carbons (Fsp3) is 0.562. The van der Waals surface area contributed by atoms with Crippen molar-refractivity contribution in [3.63, 3.8) is 0 Å². The normalized spacial score (nSPS) is 18.2. The van der Waals surface area contributed by atoms with E-state index in [0.29, 0.717) is 22.5 Å². The van der Waals surface area contributed by atoms with Crippen molar-refractivity contribution in [2.45, 2.75) is 32.7 Å². The monoisotopic (exact) mass is 372 g/mol. The molecule has 0 spiro atoms. The fourth-order valence-corrected chi connectivity index (χ4v) is 3.58. The maximum Gasteiger partial charge on any atom is 0.254 e. The highest BCUT2D eigenvalue weighted by Gasteiger charge is 2.23. The molecule has 0 saturated carbocycles. The van der Waals surface area contributed by atoms with Crippen LogP contribution in [0.2, 0.25) is 5.02 Å². The summed E-state index contributed by atoms with van der Waals surface area (Å²) in [6.45, 7) is 6.85. The molecule has 1 heterocycles. The lowest BCUT2D eigenvalue weighted by Gasteiger charge is -2.27. The third-order valence-electron chi connectivity index (χ3n) is 3.59. The van der Waals surface area contributed by atoms with Crippen molar-refractivity contribution in [3.05, 3.63) is 33.3 Å². The summed E-state index contributed by atoms with van der Waals surface area (Å²) < 4.78 is 0.835. The second-order valence-corrected chi connectivity index (χ2v) is 7.41. The van der Waals surface area contributed by atoms with E-state index in [4.69, 9.17) is 11.6 Å². The minimum atomic E-state index is 0.0561. The summed E-state index contributed by atoms with van der Waals surface area (Å²) in [6, 6.07) is 5.78. The van der Waals surface area contributed by atoms with Gasteiger partial charge >= 0.3 is 0 Å². The van der Waals surface area contributed by atoms with E-state index in [2.05, 4.69) is 35.1 Å². The molecule has 1 aromatic carbocycles. The van der Waals surface area contributed by atoms with Gasteiger partial charge in [0.05, 0.1) is 0 Å². The van der Waals surface area contributed by atoms with E-state index in [9.17, 15) is 4.79 Å². The number of hydrogen-bond acceptors (Lipinski definition) is 2. The zero-order chi connectivity index (χ0) is 15.4. The van der Waals surface area contributed by atoms with Crippen LogP contribution in [0.1, 0.15) is 37.0 Å². The summed E-state index contributed by atoms with van der Waals surface area (Å²) in [7, 11) is 0. The number of rotatable bonds is 5. The minimum absolute atomic E-state index is 0.0561. The summed E-state index contributed by atoms with van der Waals surface area (Å²) in [5.74, 6) is 0.499. The van der Waals surface area contributed by atoms with Gasteiger partial charge in [-0.15, -0.1) is 0 Å². The Bertz CT molecular complexity index is 481. The third-order valence-corrected chi connectivity index (χ3v) is 4.26. The van der Waals surface area contributed by atoms with Crippen LogP contribution in [0.25, 0.3) is 0 Å². The van der Waals surface area contributed by atoms with Gasteiger partial charge in [0.15, 0.2) is 0 Å². The molecule has 1 fully saturated rings. The van der Waals surface area contributed by atoms with Crippen molar-refractivity contribution in [3.8, 4) is 0 Å². The summed E-state index contributed by atoms with van der Waals surface area (Å²) in [6.07, 6.45) is 2.33. The van der Waals surface area contributed by atoms with Gasteiger partial charge in [-0.05, 0) is 43.5 Å². The molecule has 2 rings (SSSR count). The van der Waals surface area contributed by atoms with Crippen molar-refractivity contribution in [2.24, 2.45) is 5.92 Å². The molecule has 1 unspecified atom stereocenters. The maximum absolute atomic E-state index is 12.8. The maximum atomic E-state index is 12.8. The predicted molar refractivity (Wildman–Crippen MR) is 90.9 cm³/mol. The zero-order valence-corrected chi connectivity index (χ0v) is 14.9. The molecule has 1 aromatic rings. The van der Waals surface area contributed by atoms with E-state index in [0.717, 1.165) is 30.5 Å². The van der Waals surface area contributed by atoms with Gasteiger partial charge in [0, 0.05) is 34.2 Å². The first-order chi connectivity index (χ1) is 9.95. The van der Waals surface area contributed by atoms with Crippen molar-refractivity contribution in [1.29, 1.82) is 0 Å². The number of halogens is 2. The zero-order valence-electron chi connectivity index (χ0n) is 12.5. The molecule has 0 aliphatic carbocycles. The Balaban J connectivity index is 2.15. The van der Waals surface area contributed by atoms with Gasteiger partial charge in [-0.3, -0.25) is 4.79 Å². The van der Waals surface area contributed by atoms with E-state index < -0.39 is 0 Å². The fourth-order valence-electron chi connectivity index (χ4n) is 2.72. The van der Waals surface area contributed by atoms with Crippen molar-refractivity contribution in [1.82, 2.24) is 10.2 Å². The summed E-state index contributed by atoms with van der Waals surface area (Å²) in [5, 5.41) is 4.04. The van der Waals surface area contributed by atoms with Gasteiger partial charge in [0.25, 0.3) is 5.91 Å². The predicted octanol–water partition coefficient (Wildman–Crippen LogP) is 3.95. The Kier molecular flexibility index (Phi) is 6.08. The molecule has 3 nitrogen and oxygen atoms in total. The lowest BCUT2D eigenvalue weighted by molar-refractivity contribution is 0.0721. The number of amides is 1. The highest BCUT2D eigenvalue weighted by molar-refractivity contribution is 9.10. The van der Waals surface area contributed by atoms with Crippen molar-refractivity contribution < 1.29 is 4.79 Å². The molecule has 116 valence electrons. The molecule has 0 radical (unpaired) electrons. The summed E-state index contributed by atoms with van der Waals surface area (Å²) >= 11 is 9.46. The molecule has 21 heavy (non-hydrogen) atoms. The molecule has 1 atom stereocenters. The van der Waals surface area contributed by atoms with Crippen LogP contribution in [0.5, 0.6) is 0 Å². The Hall–Kier alpha value is -0.580. The second kappa shape index (κ2) is 7.61. The van der Waals surface area contributed by atoms with Crippen LogP contribution in [-0.2, 0) is 0 Å². The highest BCUT2D eigenvalue weighted by atomic mass is 79.9. The van der Waals surface area contributed by atoms with E-state index in [1.54, 1.807) is 12.1 Å². The quantitative estimate of drug-likeness (QED) is 0.847. The first kappa shape index (κ1) is 16.8. The van der Waals surface area contributed by atoms with Crippen LogP contribution in [-0.4, -0.2) is 36.5 Å². The topological polar surface area (TPSA) is 32.3 Å². The van der Waals surface area contributed by atoms with Gasteiger partial charge in [-0.1, -0.05) is 41.4 Å². The number of nitrogens with zero attached hydrogens (tertiary/aromatic N) is 1. The Morgan fingerprint density at radius 1 is 1.48 bits per heavy atom. The molecule has 0 aromatic heterocycles. The standard InChI is InChI=1S/C16H22BrClN2O/c1-11(2)9-20(10-15-4-3-5-19-15)16(21)12-6-13(17)8-14(18)7-12/h6-8,11,15,19H,3-5,9-10H2,1-2H3. The smallest absolute Gasteiger partial charge is 0.254 e. The molecule has 1 amide bonds. The van der Waals surface area contributed by atoms with Crippen LogP contribution in [0.3, 0.4) is 0 Å². The van der Waals surface area contributed by atoms with Crippen LogP contribution in [0.4, 0.5) is 0 Å². The average Bonchev–Trinajstić information content (AvgIpc) is 2.88. The summed E-state index contributed by atoms with van der Waals surface area (Å²) in [5.41, 5.74) is 0.646. The molecule has 5 heteroatoms.